The summed E-state index contributed by atoms with van der Waals surface area (Å²) in [6, 6.07) is 34.4. The molecular formula is C60H100O10Si5. The predicted octanol–water partition coefficient (Wildman–Crippen LogP) is 17.2. The van der Waals surface area contributed by atoms with Gasteiger partial charge in [-0.15, -0.1) is 0 Å². The van der Waals surface area contributed by atoms with E-state index in [4.69, 9.17) is 40.8 Å². The van der Waals surface area contributed by atoms with Gasteiger partial charge < -0.3 is 45.9 Å². The summed E-state index contributed by atoms with van der Waals surface area (Å²) in [6.45, 7) is 44.0. The lowest BCUT2D eigenvalue weighted by molar-refractivity contribution is -0.140. The molecule has 1 N–H and O–H groups in total. The highest BCUT2D eigenvalue weighted by Gasteiger charge is 2.49. The molecule has 15 heteroatoms. The molecule has 4 aromatic carbocycles. The second-order valence-electron chi connectivity index (χ2n) is 25.9. The van der Waals surface area contributed by atoms with Crippen molar-refractivity contribution in [2.75, 3.05) is 12.8 Å². The highest BCUT2D eigenvalue weighted by Crippen LogP contribution is 2.43. The molecule has 0 saturated carbocycles. The maximum atomic E-state index is 10.2. The molecule has 7 unspecified atom stereocenters. The Kier molecular flexibility index (Phi) is 24.2. The molecule has 0 radical (unpaired) electrons. The van der Waals surface area contributed by atoms with Gasteiger partial charge in [0.1, 0.15) is 23.0 Å². The van der Waals surface area contributed by atoms with Crippen molar-refractivity contribution in [1.82, 2.24) is 0 Å². The van der Waals surface area contributed by atoms with E-state index in [1.807, 2.05) is 41.5 Å². The zero-order valence-electron chi connectivity index (χ0n) is 50.1. The van der Waals surface area contributed by atoms with Crippen LogP contribution in [0.1, 0.15) is 133 Å². The minimum atomic E-state index is -2.94. The zero-order chi connectivity index (χ0) is 56.0. The van der Waals surface area contributed by atoms with Gasteiger partial charge in [0.05, 0.1) is 20.3 Å². The summed E-state index contributed by atoms with van der Waals surface area (Å²) in [5.41, 5.74) is 4.72. The minimum absolute atomic E-state index is 0.212. The van der Waals surface area contributed by atoms with E-state index in [1.165, 1.54) is 22.3 Å². The van der Waals surface area contributed by atoms with Crippen molar-refractivity contribution < 1.29 is 45.9 Å². The van der Waals surface area contributed by atoms with E-state index in [0.29, 0.717) is 12.5 Å². The standard InChI is InChI=1S/C60H100O10Si5/c1-21-49(51-25-33-57(34-26-51)64-46(3)62-39-22-40-75(68-72(12,13)14,69-73(15,16)17)70-74(18,19)20)42-55(53-29-35-58(36-30-53)65-47(4)63-44-71(9,10)11)43-54(41-45(2)50-23-31-56(61)32-24-50)52-27-37-59(38-28-52)66-48(5)67-60(6,7)8/h23-38,45-49,54-55,61H,21-22,39-44H2,1-20H3. The number of phenols is 1. The van der Waals surface area contributed by atoms with E-state index in [0.717, 1.165) is 61.6 Å². The summed E-state index contributed by atoms with van der Waals surface area (Å²) in [5, 5.41) is 10.2. The van der Waals surface area contributed by atoms with E-state index in [-0.39, 0.29) is 41.7 Å². The van der Waals surface area contributed by atoms with E-state index in [2.05, 4.69) is 177 Å². The monoisotopic (exact) mass is 1120 g/mol. The fourth-order valence-electron chi connectivity index (χ4n) is 9.47. The molecule has 0 fully saturated rings. The summed E-state index contributed by atoms with van der Waals surface area (Å²) in [5.74, 6) is 3.60. The molecule has 75 heavy (non-hydrogen) atoms. The van der Waals surface area contributed by atoms with Gasteiger partial charge in [-0.05, 0) is 227 Å². The van der Waals surface area contributed by atoms with Crippen LogP contribution in [0, 0.1) is 0 Å². The van der Waals surface area contributed by atoms with Crippen molar-refractivity contribution in [2.45, 2.75) is 220 Å². The first-order valence-electron chi connectivity index (χ1n) is 27.8. The Labute approximate surface area is 460 Å². The Hall–Kier alpha value is -3.08. The Morgan fingerprint density at radius 3 is 1.24 bits per heavy atom. The Morgan fingerprint density at radius 1 is 0.467 bits per heavy atom. The van der Waals surface area contributed by atoms with Crippen LogP contribution in [-0.2, 0) is 26.6 Å². The minimum Gasteiger partial charge on any atom is -0.508 e. The van der Waals surface area contributed by atoms with Crippen molar-refractivity contribution in [3.8, 4) is 23.0 Å². The number of ether oxygens (including phenoxy) is 6. The van der Waals surface area contributed by atoms with Crippen molar-refractivity contribution in [3.05, 3.63) is 119 Å². The Balaban J connectivity index is 1.59. The largest absolute Gasteiger partial charge is 0.508 e. The van der Waals surface area contributed by atoms with E-state index < -0.39 is 48.1 Å². The fraction of sp³-hybridized carbons (Fsp3) is 0.600. The topological polar surface area (TPSA) is 103 Å². The summed E-state index contributed by atoms with van der Waals surface area (Å²) < 4.78 is 58.1. The first-order chi connectivity index (χ1) is 34.7. The molecule has 0 aliphatic carbocycles. The summed E-state index contributed by atoms with van der Waals surface area (Å²) in [4.78, 5) is 0. The zero-order valence-corrected chi connectivity index (χ0v) is 55.1. The van der Waals surface area contributed by atoms with E-state index in [1.54, 1.807) is 12.1 Å². The summed E-state index contributed by atoms with van der Waals surface area (Å²) in [6.07, 6.45) is 4.14. The van der Waals surface area contributed by atoms with Gasteiger partial charge in [-0.25, -0.2) is 0 Å². The van der Waals surface area contributed by atoms with Crippen LogP contribution in [0.5, 0.6) is 23.0 Å². The molecule has 10 nitrogen and oxygen atoms in total. The number of phenolic OH excluding ortho intramolecular Hbond substituents is 1. The molecule has 7 atom stereocenters. The molecule has 420 valence electrons. The molecule has 0 amide bonds. The molecule has 0 bridgehead atoms. The van der Waals surface area contributed by atoms with Gasteiger partial charge >= 0.3 is 8.80 Å². The lowest BCUT2D eigenvalue weighted by atomic mass is 9.75. The molecule has 4 aromatic rings. The highest BCUT2D eigenvalue weighted by molar-refractivity contribution is 6.90. The molecule has 0 aromatic heterocycles. The van der Waals surface area contributed by atoms with Crippen molar-refractivity contribution in [1.29, 1.82) is 0 Å². The van der Waals surface area contributed by atoms with Gasteiger partial charge in [0.2, 0.25) is 0 Å². The second-order valence-corrected chi connectivity index (χ2v) is 48.3. The number of hydrogen-bond donors (Lipinski definition) is 1. The number of hydrogen-bond acceptors (Lipinski definition) is 10. The Bertz CT molecular complexity index is 2200. The smallest absolute Gasteiger partial charge is 0.469 e. The molecule has 0 saturated heterocycles. The third-order valence-electron chi connectivity index (χ3n) is 12.3. The van der Waals surface area contributed by atoms with Crippen LogP contribution in [0.4, 0.5) is 0 Å². The van der Waals surface area contributed by atoms with E-state index >= 15 is 0 Å². The summed E-state index contributed by atoms with van der Waals surface area (Å²) in [7, 11) is -10.2. The number of rotatable bonds is 32. The molecule has 0 aliphatic rings. The van der Waals surface area contributed by atoms with Crippen LogP contribution in [0.2, 0.25) is 84.6 Å². The third-order valence-corrected chi connectivity index (χ3v) is 25.4. The van der Waals surface area contributed by atoms with Crippen molar-refractivity contribution in [2.24, 2.45) is 0 Å². The number of benzene rings is 4. The average molecular weight is 1120 g/mol. The van der Waals surface area contributed by atoms with Gasteiger partial charge in [-0.3, -0.25) is 0 Å². The second kappa shape index (κ2) is 28.2. The van der Waals surface area contributed by atoms with Crippen LogP contribution in [0.3, 0.4) is 0 Å². The van der Waals surface area contributed by atoms with E-state index in [9.17, 15) is 5.11 Å². The maximum absolute atomic E-state index is 10.2. The quantitative estimate of drug-likeness (QED) is 0.0289. The van der Waals surface area contributed by atoms with Crippen LogP contribution >= 0.6 is 0 Å². The Morgan fingerprint density at radius 2 is 0.840 bits per heavy atom. The van der Waals surface area contributed by atoms with Crippen LogP contribution in [0.25, 0.3) is 0 Å². The third kappa shape index (κ3) is 25.1. The van der Waals surface area contributed by atoms with Gasteiger partial charge in [-0.1, -0.05) is 82.0 Å². The fourth-order valence-corrected chi connectivity index (χ4v) is 24.8. The molecule has 0 heterocycles. The van der Waals surface area contributed by atoms with Crippen molar-refractivity contribution in [3.63, 3.8) is 0 Å². The normalized spacial score (nSPS) is 15.9. The van der Waals surface area contributed by atoms with Gasteiger partial charge in [0.15, 0.2) is 43.8 Å². The lowest BCUT2D eigenvalue weighted by Crippen LogP contribution is -2.60. The van der Waals surface area contributed by atoms with Crippen LogP contribution in [0.15, 0.2) is 97.1 Å². The molecule has 4 rings (SSSR count). The van der Waals surface area contributed by atoms with Gasteiger partial charge in [0, 0.05) is 12.3 Å². The SMILES string of the molecule is CCC(CC(CC(CC(C)c1ccc(O)cc1)c1ccc(OC(C)OC(C)(C)C)cc1)c1ccc(OC(C)OC[Si](C)(C)C)cc1)c1ccc(OC(C)OCCC[Si](O[Si](C)(C)C)(O[Si](C)(C)C)O[Si](C)(C)C)cc1. The maximum Gasteiger partial charge on any atom is 0.469 e. The summed E-state index contributed by atoms with van der Waals surface area (Å²) >= 11 is 0. The molecule has 0 spiro atoms. The highest BCUT2D eigenvalue weighted by atomic mass is 28.5. The first-order valence-corrected chi connectivity index (χ1v) is 43.6. The van der Waals surface area contributed by atoms with Gasteiger partial charge in [0.25, 0.3) is 0 Å². The average Bonchev–Trinajstić information content (AvgIpc) is 3.26. The van der Waals surface area contributed by atoms with Crippen LogP contribution in [-0.4, -0.2) is 84.2 Å². The molecule has 0 aliphatic heterocycles. The lowest BCUT2D eigenvalue weighted by Gasteiger charge is -2.43. The number of aromatic hydroxyl groups is 1. The van der Waals surface area contributed by atoms with Gasteiger partial charge in [-0.2, -0.15) is 0 Å². The molecular weight excluding hydrogens is 1020 g/mol. The first kappa shape index (κ1) is 64.4. The van der Waals surface area contributed by atoms with Crippen LogP contribution < -0.4 is 14.2 Å². The van der Waals surface area contributed by atoms with Crippen molar-refractivity contribution >= 4 is 41.8 Å². The predicted molar refractivity (Wildman–Crippen MR) is 323 cm³/mol.